The van der Waals surface area contributed by atoms with Crippen molar-refractivity contribution in [3.63, 3.8) is 0 Å². The second-order valence-corrected chi connectivity index (χ2v) is 5.34. The van der Waals surface area contributed by atoms with Gasteiger partial charge in [0.2, 0.25) is 0 Å². The maximum Gasteiger partial charge on any atom is 0.103 e. The molecule has 0 aliphatic heterocycles. The Morgan fingerprint density at radius 2 is 2.00 bits per heavy atom. The van der Waals surface area contributed by atoms with Gasteiger partial charge in [-0.15, -0.1) is 0 Å². The molecule has 13 heavy (non-hydrogen) atoms. The summed E-state index contributed by atoms with van der Waals surface area (Å²) < 4.78 is 13.6. The Balaban J connectivity index is 2.18. The molecule has 0 bridgehead atoms. The van der Waals surface area contributed by atoms with E-state index in [1.165, 1.54) is 12.8 Å². The lowest BCUT2D eigenvalue weighted by Crippen LogP contribution is -2.29. The van der Waals surface area contributed by atoms with Crippen LogP contribution in [0.25, 0.3) is 0 Å². The van der Waals surface area contributed by atoms with Crippen molar-refractivity contribution in [3.05, 3.63) is 0 Å². The van der Waals surface area contributed by atoms with Crippen molar-refractivity contribution in [1.29, 1.82) is 0 Å². The number of hydrogen-bond acceptors (Lipinski definition) is 0. The van der Waals surface area contributed by atoms with E-state index in [1.54, 1.807) is 0 Å². The number of alkyl halides is 1. The van der Waals surface area contributed by atoms with E-state index in [-0.39, 0.29) is 5.92 Å². The van der Waals surface area contributed by atoms with Crippen LogP contribution >= 0.6 is 0 Å². The highest BCUT2D eigenvalue weighted by atomic mass is 19.1. The van der Waals surface area contributed by atoms with E-state index in [0.717, 1.165) is 18.8 Å². The highest BCUT2D eigenvalue weighted by molar-refractivity contribution is 5.02. The van der Waals surface area contributed by atoms with Gasteiger partial charge in [-0.05, 0) is 42.4 Å². The van der Waals surface area contributed by atoms with E-state index >= 15 is 0 Å². The lowest BCUT2D eigenvalue weighted by Gasteiger charge is -2.34. The van der Waals surface area contributed by atoms with Gasteiger partial charge in [0.1, 0.15) is 6.17 Å². The quantitative estimate of drug-likeness (QED) is 0.612. The molecular weight excluding hydrogens is 163 g/mol. The normalized spacial score (nSPS) is 51.2. The van der Waals surface area contributed by atoms with E-state index in [0.29, 0.717) is 11.3 Å². The zero-order chi connectivity index (χ0) is 9.64. The lowest BCUT2D eigenvalue weighted by molar-refractivity contribution is 0.125. The Morgan fingerprint density at radius 3 is 2.46 bits per heavy atom. The summed E-state index contributed by atoms with van der Waals surface area (Å²) in [4.78, 5) is 0. The maximum absolute atomic E-state index is 13.6. The first kappa shape index (κ1) is 9.48. The van der Waals surface area contributed by atoms with Crippen LogP contribution in [-0.2, 0) is 0 Å². The van der Waals surface area contributed by atoms with Crippen LogP contribution < -0.4 is 0 Å². The Morgan fingerprint density at radius 1 is 1.38 bits per heavy atom. The van der Waals surface area contributed by atoms with Crippen molar-refractivity contribution in [3.8, 4) is 0 Å². The van der Waals surface area contributed by atoms with Gasteiger partial charge in [-0.2, -0.15) is 0 Å². The molecule has 76 valence electrons. The SMILES string of the molecule is CCC1(C)C(C)C(F)CC1C1CC1. The molecule has 0 aromatic rings. The highest BCUT2D eigenvalue weighted by Crippen LogP contribution is 2.58. The van der Waals surface area contributed by atoms with E-state index in [4.69, 9.17) is 0 Å². The van der Waals surface area contributed by atoms with Crippen LogP contribution in [0.3, 0.4) is 0 Å². The minimum atomic E-state index is -0.532. The van der Waals surface area contributed by atoms with Gasteiger partial charge in [0, 0.05) is 0 Å². The van der Waals surface area contributed by atoms with Crippen LogP contribution in [0.15, 0.2) is 0 Å². The van der Waals surface area contributed by atoms with Gasteiger partial charge in [0.05, 0.1) is 0 Å². The van der Waals surface area contributed by atoms with E-state index < -0.39 is 6.17 Å². The van der Waals surface area contributed by atoms with Gasteiger partial charge in [-0.25, -0.2) is 4.39 Å². The Hall–Kier alpha value is -0.0700. The van der Waals surface area contributed by atoms with Gasteiger partial charge in [0.25, 0.3) is 0 Å². The predicted molar refractivity (Wildman–Crippen MR) is 53.3 cm³/mol. The largest absolute Gasteiger partial charge is 0.247 e. The lowest BCUT2D eigenvalue weighted by atomic mass is 9.70. The molecule has 0 aromatic carbocycles. The van der Waals surface area contributed by atoms with Crippen molar-refractivity contribution in [1.82, 2.24) is 0 Å². The molecule has 0 spiro atoms. The number of rotatable bonds is 2. The second-order valence-electron chi connectivity index (χ2n) is 5.34. The summed E-state index contributed by atoms with van der Waals surface area (Å²) in [7, 11) is 0. The average Bonchev–Trinajstić information content (AvgIpc) is 2.91. The molecule has 0 aromatic heterocycles. The molecule has 0 amide bonds. The fourth-order valence-corrected chi connectivity index (χ4v) is 3.28. The molecule has 0 radical (unpaired) electrons. The first-order chi connectivity index (χ1) is 6.09. The number of hydrogen-bond donors (Lipinski definition) is 0. The molecule has 0 heterocycles. The van der Waals surface area contributed by atoms with Crippen LogP contribution in [0.2, 0.25) is 0 Å². The zero-order valence-electron chi connectivity index (χ0n) is 9.02. The fraction of sp³-hybridized carbons (Fsp3) is 1.00. The summed E-state index contributed by atoms with van der Waals surface area (Å²) >= 11 is 0. The summed E-state index contributed by atoms with van der Waals surface area (Å²) in [5, 5.41) is 0. The molecular formula is C12H21F. The van der Waals surface area contributed by atoms with Crippen LogP contribution in [0, 0.1) is 23.2 Å². The number of halogens is 1. The van der Waals surface area contributed by atoms with Gasteiger partial charge in [-0.1, -0.05) is 27.2 Å². The van der Waals surface area contributed by atoms with Crippen molar-refractivity contribution in [2.45, 2.75) is 52.6 Å². The summed E-state index contributed by atoms with van der Waals surface area (Å²) in [6.45, 7) is 6.64. The van der Waals surface area contributed by atoms with Gasteiger partial charge in [0.15, 0.2) is 0 Å². The molecule has 2 aliphatic rings. The second kappa shape index (κ2) is 2.96. The van der Waals surface area contributed by atoms with Gasteiger partial charge in [-0.3, -0.25) is 0 Å². The summed E-state index contributed by atoms with van der Waals surface area (Å²) in [5.74, 6) is 1.83. The van der Waals surface area contributed by atoms with Crippen molar-refractivity contribution in [2.75, 3.05) is 0 Å². The summed E-state index contributed by atoms with van der Waals surface area (Å²) in [5.41, 5.74) is 0.292. The third-order valence-electron chi connectivity index (χ3n) is 4.86. The maximum atomic E-state index is 13.6. The van der Waals surface area contributed by atoms with E-state index in [2.05, 4.69) is 20.8 Å². The third-order valence-corrected chi connectivity index (χ3v) is 4.86. The van der Waals surface area contributed by atoms with Crippen molar-refractivity contribution < 1.29 is 4.39 Å². The first-order valence-electron chi connectivity index (χ1n) is 5.73. The Bertz CT molecular complexity index is 197. The molecule has 4 atom stereocenters. The van der Waals surface area contributed by atoms with Crippen LogP contribution in [0.4, 0.5) is 4.39 Å². The van der Waals surface area contributed by atoms with E-state index in [9.17, 15) is 4.39 Å². The molecule has 1 heteroatoms. The van der Waals surface area contributed by atoms with E-state index in [1.807, 2.05) is 0 Å². The molecule has 0 saturated heterocycles. The van der Waals surface area contributed by atoms with Crippen LogP contribution in [0.5, 0.6) is 0 Å². The minimum Gasteiger partial charge on any atom is -0.247 e. The zero-order valence-corrected chi connectivity index (χ0v) is 9.02. The smallest absolute Gasteiger partial charge is 0.103 e. The molecule has 2 fully saturated rings. The Labute approximate surface area is 80.9 Å². The molecule has 0 N–H and O–H groups in total. The monoisotopic (exact) mass is 184 g/mol. The van der Waals surface area contributed by atoms with Crippen LogP contribution in [0.1, 0.15) is 46.5 Å². The molecule has 2 saturated carbocycles. The topological polar surface area (TPSA) is 0 Å². The van der Waals surface area contributed by atoms with Gasteiger partial charge < -0.3 is 0 Å². The predicted octanol–water partition coefficient (Wildman–Crippen LogP) is 3.81. The summed E-state index contributed by atoms with van der Waals surface area (Å²) in [6, 6.07) is 0. The van der Waals surface area contributed by atoms with Crippen LogP contribution in [-0.4, -0.2) is 6.17 Å². The average molecular weight is 184 g/mol. The molecule has 0 nitrogen and oxygen atoms in total. The molecule has 4 unspecified atom stereocenters. The van der Waals surface area contributed by atoms with Crippen molar-refractivity contribution in [2.24, 2.45) is 23.2 Å². The fourth-order valence-electron chi connectivity index (χ4n) is 3.28. The minimum absolute atomic E-state index is 0.281. The Kier molecular flexibility index (Phi) is 2.16. The summed E-state index contributed by atoms with van der Waals surface area (Å²) in [6.07, 6.45) is 4.18. The standard InChI is InChI=1S/C12H21F/c1-4-12(3)8(2)11(13)7-10(12)9-5-6-9/h8-11H,4-7H2,1-3H3. The van der Waals surface area contributed by atoms with Gasteiger partial charge >= 0.3 is 0 Å². The highest BCUT2D eigenvalue weighted by Gasteiger charge is 2.53. The molecule has 2 rings (SSSR count). The van der Waals surface area contributed by atoms with Crippen molar-refractivity contribution >= 4 is 0 Å². The molecule has 2 aliphatic carbocycles. The third kappa shape index (κ3) is 1.31. The first-order valence-corrected chi connectivity index (χ1v) is 5.73.